The summed E-state index contributed by atoms with van der Waals surface area (Å²) in [6.45, 7) is 2.04. The van der Waals surface area contributed by atoms with Crippen molar-refractivity contribution in [3.8, 4) is 11.6 Å². The molecule has 0 aliphatic heterocycles. The van der Waals surface area contributed by atoms with E-state index in [2.05, 4.69) is 41.1 Å². The molecule has 0 spiro atoms. The molecule has 0 unspecified atom stereocenters. The predicted octanol–water partition coefficient (Wildman–Crippen LogP) is 2.25. The molecule has 78 valence electrons. The lowest BCUT2D eigenvalue weighted by Crippen LogP contribution is -1.98. The standard InChI is InChI=1S/C8H8BrN5S/c1-2-4-5(9)8(15)13-7(12-4)6-10-3-11-14-6/h3H,2H2,1H3,(H,10,11,14)(H,12,13,15). The van der Waals surface area contributed by atoms with E-state index in [0.717, 1.165) is 16.6 Å². The van der Waals surface area contributed by atoms with E-state index in [4.69, 9.17) is 12.2 Å². The summed E-state index contributed by atoms with van der Waals surface area (Å²) in [6, 6.07) is 0. The number of aromatic nitrogens is 5. The zero-order valence-corrected chi connectivity index (χ0v) is 10.3. The maximum atomic E-state index is 5.13. The third-order valence-electron chi connectivity index (χ3n) is 1.93. The summed E-state index contributed by atoms with van der Waals surface area (Å²) >= 11 is 8.52. The molecule has 15 heavy (non-hydrogen) atoms. The molecule has 0 amide bonds. The second-order valence-electron chi connectivity index (χ2n) is 2.87. The van der Waals surface area contributed by atoms with E-state index in [1.54, 1.807) is 0 Å². The van der Waals surface area contributed by atoms with Gasteiger partial charge in [-0.15, -0.1) is 0 Å². The molecular formula is C8H8BrN5S. The Morgan fingerprint density at radius 2 is 2.27 bits per heavy atom. The molecule has 0 fully saturated rings. The van der Waals surface area contributed by atoms with Crippen LogP contribution in [0.5, 0.6) is 0 Å². The van der Waals surface area contributed by atoms with Crippen molar-refractivity contribution < 1.29 is 0 Å². The molecule has 0 atom stereocenters. The van der Waals surface area contributed by atoms with Crippen LogP contribution >= 0.6 is 28.1 Å². The number of rotatable bonds is 2. The first-order valence-corrected chi connectivity index (χ1v) is 5.57. The zero-order chi connectivity index (χ0) is 10.8. The van der Waals surface area contributed by atoms with Gasteiger partial charge in [-0.3, -0.25) is 5.10 Å². The molecule has 0 radical (unpaired) electrons. The van der Waals surface area contributed by atoms with Crippen LogP contribution in [0.3, 0.4) is 0 Å². The van der Waals surface area contributed by atoms with Gasteiger partial charge < -0.3 is 4.98 Å². The van der Waals surface area contributed by atoms with Crippen LogP contribution < -0.4 is 0 Å². The quantitative estimate of drug-likeness (QED) is 0.831. The maximum Gasteiger partial charge on any atom is 0.191 e. The second-order valence-corrected chi connectivity index (χ2v) is 4.05. The van der Waals surface area contributed by atoms with Crippen LogP contribution in [-0.4, -0.2) is 25.1 Å². The molecule has 0 saturated carbocycles. The molecule has 2 heterocycles. The zero-order valence-electron chi connectivity index (χ0n) is 7.91. The van der Waals surface area contributed by atoms with Crippen LogP contribution in [0.15, 0.2) is 10.8 Å². The Morgan fingerprint density at radius 3 is 2.87 bits per heavy atom. The van der Waals surface area contributed by atoms with Gasteiger partial charge in [0.2, 0.25) is 0 Å². The third-order valence-corrected chi connectivity index (χ3v) is 3.34. The lowest BCUT2D eigenvalue weighted by atomic mass is 10.3. The number of nitrogens with zero attached hydrogens (tertiary/aromatic N) is 3. The Kier molecular flexibility index (Phi) is 2.92. The molecule has 0 bridgehead atoms. The van der Waals surface area contributed by atoms with Crippen LogP contribution in [0.1, 0.15) is 12.6 Å². The summed E-state index contributed by atoms with van der Waals surface area (Å²) in [5.74, 6) is 1.20. The Balaban J connectivity index is 2.61. The molecule has 2 aromatic heterocycles. The maximum absolute atomic E-state index is 5.13. The molecular weight excluding hydrogens is 278 g/mol. The highest BCUT2D eigenvalue weighted by atomic mass is 79.9. The summed E-state index contributed by atoms with van der Waals surface area (Å²) in [4.78, 5) is 11.4. The number of H-pyrrole nitrogens is 2. The van der Waals surface area contributed by atoms with Crippen molar-refractivity contribution in [2.24, 2.45) is 0 Å². The van der Waals surface area contributed by atoms with E-state index >= 15 is 0 Å². The average molecular weight is 286 g/mol. The fourth-order valence-electron chi connectivity index (χ4n) is 1.18. The minimum Gasteiger partial charge on any atom is -0.339 e. The lowest BCUT2D eigenvalue weighted by molar-refractivity contribution is 0.965. The molecule has 2 N–H and O–H groups in total. The van der Waals surface area contributed by atoms with Crippen molar-refractivity contribution in [3.05, 3.63) is 21.1 Å². The SMILES string of the molecule is CCc1[nH]c(-c2ncn[nH]2)nc(=S)c1Br. The van der Waals surface area contributed by atoms with Crippen molar-refractivity contribution in [1.29, 1.82) is 0 Å². The predicted molar refractivity (Wildman–Crippen MR) is 61.9 cm³/mol. The minimum atomic E-state index is 0.525. The molecule has 2 rings (SSSR count). The van der Waals surface area contributed by atoms with Crippen molar-refractivity contribution in [1.82, 2.24) is 25.1 Å². The van der Waals surface area contributed by atoms with E-state index in [0.29, 0.717) is 16.3 Å². The van der Waals surface area contributed by atoms with Crippen LogP contribution in [-0.2, 0) is 6.42 Å². The summed E-state index contributed by atoms with van der Waals surface area (Å²) in [6.07, 6.45) is 2.27. The highest BCUT2D eigenvalue weighted by molar-refractivity contribution is 9.10. The molecule has 5 nitrogen and oxygen atoms in total. The first-order valence-electron chi connectivity index (χ1n) is 4.36. The molecule has 0 aromatic carbocycles. The number of aromatic amines is 2. The van der Waals surface area contributed by atoms with Crippen LogP contribution in [0, 0.1) is 4.64 Å². The van der Waals surface area contributed by atoms with Gasteiger partial charge in [0.1, 0.15) is 11.0 Å². The second kappa shape index (κ2) is 4.19. The normalized spacial score (nSPS) is 10.5. The number of aryl methyl sites for hydroxylation is 1. The van der Waals surface area contributed by atoms with Gasteiger partial charge in [0.25, 0.3) is 0 Å². The highest BCUT2D eigenvalue weighted by Gasteiger charge is 2.08. The van der Waals surface area contributed by atoms with Gasteiger partial charge in [-0.1, -0.05) is 19.1 Å². The van der Waals surface area contributed by atoms with E-state index < -0.39 is 0 Å². The van der Waals surface area contributed by atoms with Crippen molar-refractivity contribution in [3.63, 3.8) is 0 Å². The van der Waals surface area contributed by atoms with Crippen molar-refractivity contribution in [2.45, 2.75) is 13.3 Å². The Morgan fingerprint density at radius 1 is 1.47 bits per heavy atom. The summed E-state index contributed by atoms with van der Waals surface area (Å²) in [5, 5.41) is 6.50. The van der Waals surface area contributed by atoms with Crippen LogP contribution in [0.4, 0.5) is 0 Å². The van der Waals surface area contributed by atoms with Gasteiger partial charge in [-0.25, -0.2) is 9.97 Å². The molecule has 2 aromatic rings. The van der Waals surface area contributed by atoms with E-state index in [1.807, 2.05) is 6.92 Å². The number of nitrogens with one attached hydrogen (secondary N) is 2. The van der Waals surface area contributed by atoms with E-state index in [-0.39, 0.29) is 0 Å². The van der Waals surface area contributed by atoms with Crippen molar-refractivity contribution >= 4 is 28.1 Å². The van der Waals surface area contributed by atoms with E-state index in [9.17, 15) is 0 Å². The number of halogens is 1. The number of hydrogen-bond donors (Lipinski definition) is 2. The van der Waals surface area contributed by atoms with Gasteiger partial charge in [-0.2, -0.15) is 5.10 Å². The Labute approximate surface area is 99.5 Å². The average Bonchev–Trinajstić information content (AvgIpc) is 2.75. The topological polar surface area (TPSA) is 70.2 Å². The van der Waals surface area contributed by atoms with Gasteiger partial charge >= 0.3 is 0 Å². The van der Waals surface area contributed by atoms with Crippen LogP contribution in [0.25, 0.3) is 11.6 Å². The monoisotopic (exact) mass is 285 g/mol. The molecule has 0 aliphatic carbocycles. The molecule has 0 saturated heterocycles. The summed E-state index contributed by atoms with van der Waals surface area (Å²) in [7, 11) is 0. The first kappa shape index (κ1) is 10.4. The smallest absolute Gasteiger partial charge is 0.191 e. The summed E-state index contributed by atoms with van der Waals surface area (Å²) < 4.78 is 1.36. The Hall–Kier alpha value is -1.08. The summed E-state index contributed by atoms with van der Waals surface area (Å²) in [5.41, 5.74) is 1.00. The first-order chi connectivity index (χ1) is 7.22. The minimum absolute atomic E-state index is 0.525. The third kappa shape index (κ3) is 1.98. The molecule has 7 heteroatoms. The largest absolute Gasteiger partial charge is 0.339 e. The van der Waals surface area contributed by atoms with Gasteiger partial charge in [0.05, 0.1) is 4.47 Å². The fraction of sp³-hybridized carbons (Fsp3) is 0.250. The Bertz CT molecular complexity index is 518. The number of hydrogen-bond acceptors (Lipinski definition) is 4. The van der Waals surface area contributed by atoms with Gasteiger partial charge in [-0.05, 0) is 22.4 Å². The van der Waals surface area contributed by atoms with Crippen molar-refractivity contribution in [2.75, 3.05) is 0 Å². The van der Waals surface area contributed by atoms with Gasteiger partial charge in [0.15, 0.2) is 11.6 Å². The lowest BCUT2D eigenvalue weighted by Gasteiger charge is -2.03. The highest BCUT2D eigenvalue weighted by Crippen LogP contribution is 2.19. The van der Waals surface area contributed by atoms with Gasteiger partial charge in [0, 0.05) is 5.69 Å². The van der Waals surface area contributed by atoms with Crippen LogP contribution in [0.2, 0.25) is 0 Å². The fourth-order valence-corrected chi connectivity index (χ4v) is 1.86. The van der Waals surface area contributed by atoms with E-state index in [1.165, 1.54) is 6.33 Å². The molecule has 0 aliphatic rings.